The number of halogens is 1. The van der Waals surface area contributed by atoms with E-state index in [0.29, 0.717) is 29.5 Å². The Balaban J connectivity index is 1.84. The van der Waals surface area contributed by atoms with Gasteiger partial charge in [0, 0.05) is 24.2 Å². The zero-order chi connectivity index (χ0) is 19.1. The topological polar surface area (TPSA) is 97.1 Å². The Bertz CT molecular complexity index is 1110. The molecule has 1 aliphatic heterocycles. The van der Waals surface area contributed by atoms with Crippen LogP contribution < -0.4 is 10.9 Å². The highest BCUT2D eigenvalue weighted by Crippen LogP contribution is 2.35. The standard InChI is InChI=1S/C19H17FN4O3/c1-10-2-3-12-6-13(20)7-14-16(12)24(10)19(27)15(17(14)25)18(26)21-8-11-4-5-22-23-9-11/h4-7,9-10,25H,2-3,8H2,1H3,(H,21,26). The van der Waals surface area contributed by atoms with Gasteiger partial charge in [-0.25, -0.2) is 4.39 Å². The molecule has 1 aromatic carbocycles. The largest absolute Gasteiger partial charge is 0.506 e. The van der Waals surface area contributed by atoms with Gasteiger partial charge in [0.2, 0.25) is 0 Å². The van der Waals surface area contributed by atoms with Crippen LogP contribution >= 0.6 is 0 Å². The van der Waals surface area contributed by atoms with E-state index in [2.05, 4.69) is 15.5 Å². The number of nitrogens with one attached hydrogen (secondary N) is 1. The number of pyridine rings is 1. The lowest BCUT2D eigenvalue weighted by atomic mass is 9.95. The van der Waals surface area contributed by atoms with E-state index in [0.717, 1.165) is 6.07 Å². The van der Waals surface area contributed by atoms with Crippen molar-refractivity contribution in [3.05, 3.63) is 63.5 Å². The Morgan fingerprint density at radius 1 is 1.41 bits per heavy atom. The Morgan fingerprint density at radius 3 is 2.96 bits per heavy atom. The third-order valence-electron chi connectivity index (χ3n) is 4.92. The molecule has 7 nitrogen and oxygen atoms in total. The zero-order valence-corrected chi connectivity index (χ0v) is 14.6. The van der Waals surface area contributed by atoms with Crippen LogP contribution in [-0.2, 0) is 13.0 Å². The molecule has 2 aromatic heterocycles. The maximum Gasteiger partial charge on any atom is 0.267 e. The smallest absolute Gasteiger partial charge is 0.267 e. The molecule has 138 valence electrons. The van der Waals surface area contributed by atoms with Gasteiger partial charge in [-0.05, 0) is 49.1 Å². The van der Waals surface area contributed by atoms with E-state index in [1.54, 1.807) is 6.07 Å². The number of hydrogen-bond acceptors (Lipinski definition) is 5. The molecule has 0 bridgehead atoms. The number of carbonyl (C=O) groups is 1. The lowest BCUT2D eigenvalue weighted by Gasteiger charge is -2.26. The van der Waals surface area contributed by atoms with E-state index in [9.17, 15) is 19.1 Å². The highest BCUT2D eigenvalue weighted by Gasteiger charge is 2.28. The lowest BCUT2D eigenvalue weighted by molar-refractivity contribution is 0.0946. The summed E-state index contributed by atoms with van der Waals surface area (Å²) < 4.78 is 15.5. The van der Waals surface area contributed by atoms with Crippen LogP contribution in [0.4, 0.5) is 4.39 Å². The minimum absolute atomic E-state index is 0.120. The minimum Gasteiger partial charge on any atom is -0.506 e. The number of aromatic hydroxyl groups is 1. The number of carbonyl (C=O) groups excluding carboxylic acids is 1. The average Bonchev–Trinajstić information content (AvgIpc) is 2.66. The quantitative estimate of drug-likeness (QED) is 0.738. The summed E-state index contributed by atoms with van der Waals surface area (Å²) in [5.41, 5.74) is 0.889. The van der Waals surface area contributed by atoms with Crippen molar-refractivity contribution in [2.75, 3.05) is 0 Å². The minimum atomic E-state index is -0.719. The van der Waals surface area contributed by atoms with Gasteiger partial charge < -0.3 is 15.0 Å². The number of nitrogens with zero attached hydrogens (tertiary/aromatic N) is 3. The predicted octanol–water partition coefficient (Wildman–Crippen LogP) is 2.07. The van der Waals surface area contributed by atoms with Crippen molar-refractivity contribution in [2.45, 2.75) is 32.4 Å². The van der Waals surface area contributed by atoms with Gasteiger partial charge >= 0.3 is 0 Å². The number of benzene rings is 1. The molecule has 27 heavy (non-hydrogen) atoms. The van der Waals surface area contributed by atoms with Gasteiger partial charge in [-0.3, -0.25) is 9.59 Å². The molecule has 0 fully saturated rings. The van der Waals surface area contributed by atoms with E-state index in [-0.39, 0.29) is 23.5 Å². The fraction of sp³-hybridized carbons (Fsp3) is 0.263. The molecule has 1 atom stereocenters. The molecule has 0 aliphatic carbocycles. The van der Waals surface area contributed by atoms with Gasteiger partial charge in [-0.15, -0.1) is 0 Å². The van der Waals surface area contributed by atoms with Crippen LogP contribution in [0.1, 0.15) is 40.9 Å². The van der Waals surface area contributed by atoms with E-state index in [4.69, 9.17) is 0 Å². The number of aromatic nitrogens is 3. The molecule has 1 amide bonds. The summed E-state index contributed by atoms with van der Waals surface area (Å²) in [6.07, 6.45) is 4.23. The highest BCUT2D eigenvalue weighted by atomic mass is 19.1. The lowest BCUT2D eigenvalue weighted by Crippen LogP contribution is -2.36. The maximum absolute atomic E-state index is 14.0. The molecular formula is C19H17FN4O3. The van der Waals surface area contributed by atoms with Gasteiger partial charge in [-0.2, -0.15) is 10.2 Å². The van der Waals surface area contributed by atoms with Crippen LogP contribution in [0, 0.1) is 5.82 Å². The summed E-state index contributed by atoms with van der Waals surface area (Å²) >= 11 is 0. The highest BCUT2D eigenvalue weighted by molar-refractivity contribution is 6.03. The molecule has 0 spiro atoms. The van der Waals surface area contributed by atoms with Gasteiger partial charge in [0.1, 0.15) is 17.1 Å². The molecule has 0 saturated carbocycles. The zero-order valence-electron chi connectivity index (χ0n) is 14.6. The van der Waals surface area contributed by atoms with Crippen LogP contribution in [0.5, 0.6) is 5.75 Å². The van der Waals surface area contributed by atoms with Gasteiger partial charge in [-0.1, -0.05) is 0 Å². The first-order valence-corrected chi connectivity index (χ1v) is 8.60. The molecule has 1 aliphatic rings. The fourth-order valence-electron chi connectivity index (χ4n) is 3.58. The Hall–Kier alpha value is -3.29. The van der Waals surface area contributed by atoms with E-state index in [1.165, 1.54) is 23.0 Å². The average molecular weight is 368 g/mol. The van der Waals surface area contributed by atoms with Crippen molar-refractivity contribution in [2.24, 2.45) is 0 Å². The molecular weight excluding hydrogens is 351 g/mol. The molecule has 8 heteroatoms. The third-order valence-corrected chi connectivity index (χ3v) is 4.92. The summed E-state index contributed by atoms with van der Waals surface area (Å²) in [5.74, 6) is -1.73. The van der Waals surface area contributed by atoms with Crippen molar-refractivity contribution in [3.63, 3.8) is 0 Å². The van der Waals surface area contributed by atoms with Crippen molar-refractivity contribution in [3.8, 4) is 5.75 Å². The number of rotatable bonds is 3. The number of amides is 1. The van der Waals surface area contributed by atoms with Crippen LogP contribution in [-0.4, -0.2) is 25.8 Å². The van der Waals surface area contributed by atoms with Gasteiger partial charge in [0.25, 0.3) is 11.5 Å². The Labute approximate surface area is 153 Å². The second-order valence-corrected chi connectivity index (χ2v) is 6.68. The van der Waals surface area contributed by atoms with Crippen molar-refractivity contribution >= 4 is 16.8 Å². The molecule has 4 rings (SSSR count). The first-order valence-electron chi connectivity index (χ1n) is 8.60. The number of hydrogen-bond donors (Lipinski definition) is 2. The predicted molar refractivity (Wildman–Crippen MR) is 96.1 cm³/mol. The first kappa shape index (κ1) is 17.1. The molecule has 2 N–H and O–H groups in total. The summed E-state index contributed by atoms with van der Waals surface area (Å²) in [7, 11) is 0. The van der Waals surface area contributed by atoms with Crippen LogP contribution in [0.3, 0.4) is 0 Å². The third kappa shape index (κ3) is 2.83. The van der Waals surface area contributed by atoms with Crippen molar-refractivity contribution < 1.29 is 14.3 Å². The van der Waals surface area contributed by atoms with Crippen LogP contribution in [0.2, 0.25) is 0 Å². The summed E-state index contributed by atoms with van der Waals surface area (Å²) in [5, 5.41) is 20.8. The summed E-state index contributed by atoms with van der Waals surface area (Å²) in [4.78, 5) is 25.6. The summed E-state index contributed by atoms with van der Waals surface area (Å²) in [6, 6.07) is 4.05. The van der Waals surface area contributed by atoms with Crippen LogP contribution in [0.25, 0.3) is 10.9 Å². The molecule has 0 radical (unpaired) electrons. The maximum atomic E-state index is 14.0. The Morgan fingerprint density at radius 2 is 2.22 bits per heavy atom. The first-order chi connectivity index (χ1) is 13.0. The fourth-order valence-corrected chi connectivity index (χ4v) is 3.58. The summed E-state index contributed by atoms with van der Waals surface area (Å²) in [6.45, 7) is 1.99. The molecule has 1 unspecified atom stereocenters. The van der Waals surface area contributed by atoms with Crippen molar-refractivity contribution in [1.29, 1.82) is 0 Å². The van der Waals surface area contributed by atoms with Gasteiger partial charge in [0.05, 0.1) is 11.7 Å². The molecule has 3 heterocycles. The Kier molecular flexibility index (Phi) is 4.10. The van der Waals surface area contributed by atoms with Crippen LogP contribution in [0.15, 0.2) is 35.4 Å². The molecule has 3 aromatic rings. The monoisotopic (exact) mass is 368 g/mol. The SMILES string of the molecule is CC1CCc2cc(F)cc3c(O)c(C(=O)NCc4ccnnc4)c(=O)n1c23. The van der Waals surface area contributed by atoms with E-state index in [1.807, 2.05) is 6.92 Å². The second kappa shape index (κ2) is 6.46. The van der Waals surface area contributed by atoms with E-state index < -0.39 is 23.0 Å². The second-order valence-electron chi connectivity index (χ2n) is 6.68. The van der Waals surface area contributed by atoms with E-state index >= 15 is 0 Å². The number of aryl methyl sites for hydroxylation is 1. The van der Waals surface area contributed by atoms with Gasteiger partial charge in [0.15, 0.2) is 0 Å². The van der Waals surface area contributed by atoms with Crippen molar-refractivity contribution in [1.82, 2.24) is 20.1 Å². The molecule has 0 saturated heterocycles. The normalized spacial score (nSPS) is 15.7.